The van der Waals surface area contributed by atoms with Crippen LogP contribution in [0.4, 0.5) is 4.39 Å². The molecule has 2 saturated heterocycles. The Labute approximate surface area is 102 Å². The first-order chi connectivity index (χ1) is 8.31. The fraction of sp³-hybridized carbons (Fsp3) is 0.571. The second-order valence-corrected chi connectivity index (χ2v) is 5.26. The molecule has 2 atom stereocenters. The van der Waals surface area contributed by atoms with E-state index in [2.05, 4.69) is 10.2 Å². The molecule has 2 aliphatic rings. The van der Waals surface area contributed by atoms with Crippen LogP contribution in [0.15, 0.2) is 24.3 Å². The van der Waals surface area contributed by atoms with Crippen LogP contribution in [-0.2, 0) is 6.54 Å². The molecule has 3 rings (SSSR count). The van der Waals surface area contributed by atoms with Gasteiger partial charge in [0.15, 0.2) is 0 Å². The molecule has 1 aromatic carbocycles. The Morgan fingerprint density at radius 2 is 2.06 bits per heavy atom. The number of nitrogens with zero attached hydrogens (tertiary/aromatic N) is 1. The van der Waals surface area contributed by atoms with Crippen molar-refractivity contribution in [3.05, 3.63) is 35.6 Å². The third-order valence-electron chi connectivity index (χ3n) is 4.06. The lowest BCUT2D eigenvalue weighted by atomic mass is 9.93. The molecule has 2 heterocycles. The average molecular weight is 234 g/mol. The fourth-order valence-electron chi connectivity index (χ4n) is 3.11. The summed E-state index contributed by atoms with van der Waals surface area (Å²) in [6.45, 7) is 4.49. The second-order valence-electron chi connectivity index (χ2n) is 5.26. The minimum absolute atomic E-state index is 0.146. The van der Waals surface area contributed by atoms with Gasteiger partial charge >= 0.3 is 0 Å². The molecule has 0 amide bonds. The number of nitrogens with one attached hydrogen (secondary N) is 1. The predicted molar refractivity (Wildman–Crippen MR) is 66.2 cm³/mol. The van der Waals surface area contributed by atoms with E-state index in [0.29, 0.717) is 0 Å². The van der Waals surface area contributed by atoms with Crippen molar-refractivity contribution in [2.75, 3.05) is 19.6 Å². The van der Waals surface area contributed by atoms with Gasteiger partial charge in [-0.2, -0.15) is 0 Å². The maximum absolute atomic E-state index is 12.8. The maximum Gasteiger partial charge on any atom is 0.123 e. The third kappa shape index (κ3) is 2.50. The van der Waals surface area contributed by atoms with Gasteiger partial charge in [-0.15, -0.1) is 0 Å². The summed E-state index contributed by atoms with van der Waals surface area (Å²) in [4.78, 5) is 2.50. The molecule has 3 heteroatoms. The maximum atomic E-state index is 12.8. The molecular weight excluding hydrogens is 215 g/mol. The summed E-state index contributed by atoms with van der Waals surface area (Å²) in [5.74, 6) is 0.677. The van der Waals surface area contributed by atoms with E-state index in [1.54, 1.807) is 12.1 Å². The highest BCUT2D eigenvalue weighted by atomic mass is 19.1. The Hall–Kier alpha value is -0.930. The van der Waals surface area contributed by atoms with Crippen LogP contribution in [-0.4, -0.2) is 30.6 Å². The zero-order valence-corrected chi connectivity index (χ0v) is 10.0. The van der Waals surface area contributed by atoms with Gasteiger partial charge in [-0.25, -0.2) is 4.39 Å². The lowest BCUT2D eigenvalue weighted by Crippen LogP contribution is -2.43. The molecule has 0 aromatic heterocycles. The van der Waals surface area contributed by atoms with Gasteiger partial charge in [0.1, 0.15) is 5.82 Å². The molecule has 0 bridgehead atoms. The van der Waals surface area contributed by atoms with Gasteiger partial charge in [0.2, 0.25) is 0 Å². The van der Waals surface area contributed by atoms with Crippen molar-refractivity contribution in [2.45, 2.75) is 25.4 Å². The van der Waals surface area contributed by atoms with Crippen LogP contribution in [0, 0.1) is 11.7 Å². The van der Waals surface area contributed by atoms with Gasteiger partial charge in [0.05, 0.1) is 0 Å². The molecule has 17 heavy (non-hydrogen) atoms. The van der Waals surface area contributed by atoms with E-state index in [1.807, 2.05) is 12.1 Å². The highest BCUT2D eigenvalue weighted by Gasteiger charge is 2.32. The van der Waals surface area contributed by atoms with Gasteiger partial charge in [-0.3, -0.25) is 4.90 Å². The number of rotatable bonds is 2. The van der Waals surface area contributed by atoms with E-state index < -0.39 is 0 Å². The largest absolute Gasteiger partial charge is 0.314 e. The van der Waals surface area contributed by atoms with Crippen LogP contribution >= 0.6 is 0 Å². The van der Waals surface area contributed by atoms with Crippen LogP contribution in [0.2, 0.25) is 0 Å². The van der Waals surface area contributed by atoms with Crippen LogP contribution in [0.1, 0.15) is 18.4 Å². The smallest absolute Gasteiger partial charge is 0.123 e. The van der Waals surface area contributed by atoms with Gasteiger partial charge < -0.3 is 5.32 Å². The molecule has 1 N–H and O–H groups in total. The van der Waals surface area contributed by atoms with Gasteiger partial charge in [-0.05, 0) is 49.5 Å². The summed E-state index contributed by atoms with van der Waals surface area (Å²) in [5.41, 5.74) is 1.22. The zero-order valence-electron chi connectivity index (χ0n) is 10.0. The Morgan fingerprint density at radius 1 is 1.24 bits per heavy atom. The monoisotopic (exact) mass is 234 g/mol. The summed E-state index contributed by atoms with van der Waals surface area (Å²) in [6.07, 6.45) is 2.57. The van der Waals surface area contributed by atoms with Crippen molar-refractivity contribution in [2.24, 2.45) is 5.92 Å². The summed E-state index contributed by atoms with van der Waals surface area (Å²) < 4.78 is 12.8. The summed E-state index contributed by atoms with van der Waals surface area (Å²) >= 11 is 0. The first-order valence-electron chi connectivity index (χ1n) is 6.51. The fourth-order valence-corrected chi connectivity index (χ4v) is 3.11. The number of likely N-dealkylation sites (tertiary alicyclic amines) is 1. The lowest BCUT2D eigenvalue weighted by molar-refractivity contribution is 0.156. The van der Waals surface area contributed by atoms with Crippen LogP contribution < -0.4 is 5.32 Å². The van der Waals surface area contributed by atoms with Gasteiger partial charge in [0.25, 0.3) is 0 Å². The number of fused-ring (bicyclic) bond motifs is 1. The molecule has 2 nitrogen and oxygen atoms in total. The van der Waals surface area contributed by atoms with Crippen molar-refractivity contribution in [3.63, 3.8) is 0 Å². The minimum Gasteiger partial charge on any atom is -0.314 e. The number of benzene rings is 1. The Morgan fingerprint density at radius 3 is 2.88 bits per heavy atom. The van der Waals surface area contributed by atoms with Gasteiger partial charge in [-0.1, -0.05) is 12.1 Å². The number of halogens is 1. The highest BCUT2D eigenvalue weighted by molar-refractivity contribution is 5.16. The Balaban J connectivity index is 1.60. The third-order valence-corrected chi connectivity index (χ3v) is 4.06. The highest BCUT2D eigenvalue weighted by Crippen LogP contribution is 2.25. The van der Waals surface area contributed by atoms with Gasteiger partial charge in [0, 0.05) is 19.1 Å². The standard InChI is InChI=1S/C14H19FN2/c15-13-3-1-11(2-4-13)9-17-8-6-14-12(10-17)5-7-16-14/h1-4,12,14,16H,5-10H2. The SMILES string of the molecule is Fc1ccc(CN2CCC3NCCC3C2)cc1. The normalized spacial score (nSPS) is 29.2. The van der Waals surface area contributed by atoms with E-state index in [4.69, 9.17) is 0 Å². The van der Waals surface area contributed by atoms with E-state index in [1.165, 1.54) is 31.5 Å². The Kier molecular flexibility index (Phi) is 3.12. The van der Waals surface area contributed by atoms with Crippen molar-refractivity contribution >= 4 is 0 Å². The Bertz CT molecular complexity index is 376. The molecule has 92 valence electrons. The first-order valence-corrected chi connectivity index (χ1v) is 6.51. The zero-order chi connectivity index (χ0) is 11.7. The topological polar surface area (TPSA) is 15.3 Å². The van der Waals surface area contributed by atoms with Crippen molar-refractivity contribution < 1.29 is 4.39 Å². The van der Waals surface area contributed by atoms with Crippen LogP contribution in [0.3, 0.4) is 0 Å². The quantitative estimate of drug-likeness (QED) is 0.842. The van der Waals surface area contributed by atoms with Crippen molar-refractivity contribution in [1.29, 1.82) is 0 Å². The molecule has 0 aliphatic carbocycles. The lowest BCUT2D eigenvalue weighted by Gasteiger charge is -2.34. The number of piperidine rings is 1. The van der Waals surface area contributed by atoms with E-state index in [-0.39, 0.29) is 5.82 Å². The summed E-state index contributed by atoms with van der Waals surface area (Å²) in [5, 5.41) is 3.57. The van der Waals surface area contributed by atoms with Crippen LogP contribution in [0.25, 0.3) is 0 Å². The number of hydrogen-bond donors (Lipinski definition) is 1. The van der Waals surface area contributed by atoms with E-state index in [9.17, 15) is 4.39 Å². The van der Waals surface area contributed by atoms with E-state index >= 15 is 0 Å². The first kappa shape index (κ1) is 11.2. The molecular formula is C14H19FN2. The predicted octanol–water partition coefficient (Wildman–Crippen LogP) is 2.01. The average Bonchev–Trinajstić information content (AvgIpc) is 2.79. The van der Waals surface area contributed by atoms with Crippen LogP contribution in [0.5, 0.6) is 0 Å². The molecule has 2 unspecified atom stereocenters. The molecule has 0 radical (unpaired) electrons. The minimum atomic E-state index is -0.146. The van der Waals surface area contributed by atoms with E-state index in [0.717, 1.165) is 25.0 Å². The molecule has 2 fully saturated rings. The molecule has 2 aliphatic heterocycles. The molecule has 0 spiro atoms. The van der Waals surface area contributed by atoms with Crippen molar-refractivity contribution in [3.8, 4) is 0 Å². The van der Waals surface area contributed by atoms with Crippen molar-refractivity contribution in [1.82, 2.24) is 10.2 Å². The molecule has 1 aromatic rings. The second kappa shape index (κ2) is 4.75. The summed E-state index contributed by atoms with van der Waals surface area (Å²) in [7, 11) is 0. The number of hydrogen-bond acceptors (Lipinski definition) is 2. The molecule has 0 saturated carbocycles. The summed E-state index contributed by atoms with van der Waals surface area (Å²) in [6, 6.07) is 7.65.